The summed E-state index contributed by atoms with van der Waals surface area (Å²) in [4.78, 5) is 12.0. The molecule has 2 aliphatic heterocycles. The van der Waals surface area contributed by atoms with E-state index in [1.807, 2.05) is 11.8 Å². The Labute approximate surface area is 113 Å². The molecule has 18 heavy (non-hydrogen) atoms. The molecule has 0 radical (unpaired) electrons. The highest BCUT2D eigenvalue weighted by Gasteiger charge is 2.25. The Balaban J connectivity index is 1.94. The second-order valence-electron chi connectivity index (χ2n) is 5.09. The van der Waals surface area contributed by atoms with Gasteiger partial charge in [-0.25, -0.2) is 9.97 Å². The van der Waals surface area contributed by atoms with Gasteiger partial charge in [-0.2, -0.15) is 11.8 Å². The van der Waals surface area contributed by atoms with E-state index in [0.717, 1.165) is 43.3 Å². The van der Waals surface area contributed by atoms with Crippen molar-refractivity contribution in [3.8, 4) is 0 Å². The van der Waals surface area contributed by atoms with Gasteiger partial charge >= 0.3 is 0 Å². The number of aryl methyl sites for hydroxylation is 1. The molecule has 0 amide bonds. The molecule has 5 heteroatoms. The molecule has 0 saturated carbocycles. The van der Waals surface area contributed by atoms with Crippen LogP contribution in [-0.2, 0) is 13.0 Å². The SMILES string of the molecule is Cc1nc(C2CSCCN2C)nc2c1CNCC2. The number of aromatic nitrogens is 2. The number of nitrogens with zero attached hydrogens (tertiary/aromatic N) is 3. The van der Waals surface area contributed by atoms with E-state index in [-0.39, 0.29) is 0 Å². The molecule has 1 saturated heterocycles. The van der Waals surface area contributed by atoms with Crippen LogP contribution in [0.15, 0.2) is 0 Å². The number of nitrogens with one attached hydrogen (secondary N) is 1. The summed E-state index contributed by atoms with van der Waals surface area (Å²) in [7, 11) is 2.18. The Kier molecular flexibility index (Phi) is 3.54. The van der Waals surface area contributed by atoms with Gasteiger partial charge in [0.25, 0.3) is 0 Å². The second kappa shape index (κ2) is 5.15. The molecular formula is C13H20N4S. The van der Waals surface area contributed by atoms with Gasteiger partial charge in [0.05, 0.1) is 11.7 Å². The van der Waals surface area contributed by atoms with Crippen LogP contribution in [0.25, 0.3) is 0 Å². The average Bonchev–Trinajstić information content (AvgIpc) is 2.39. The van der Waals surface area contributed by atoms with Gasteiger partial charge in [0.1, 0.15) is 5.82 Å². The van der Waals surface area contributed by atoms with Crippen molar-refractivity contribution < 1.29 is 0 Å². The fourth-order valence-electron chi connectivity index (χ4n) is 2.64. The summed E-state index contributed by atoms with van der Waals surface area (Å²) < 4.78 is 0. The van der Waals surface area contributed by atoms with E-state index in [4.69, 9.17) is 9.97 Å². The van der Waals surface area contributed by atoms with Crippen LogP contribution < -0.4 is 5.32 Å². The summed E-state index contributed by atoms with van der Waals surface area (Å²) in [5, 5.41) is 3.40. The van der Waals surface area contributed by atoms with Crippen molar-refractivity contribution in [2.75, 3.05) is 31.6 Å². The molecule has 0 spiro atoms. The molecule has 1 unspecified atom stereocenters. The van der Waals surface area contributed by atoms with Crippen molar-refractivity contribution in [3.05, 3.63) is 22.8 Å². The van der Waals surface area contributed by atoms with E-state index >= 15 is 0 Å². The predicted octanol–water partition coefficient (Wildman–Crippen LogP) is 1.15. The predicted molar refractivity (Wildman–Crippen MR) is 74.9 cm³/mol. The van der Waals surface area contributed by atoms with Crippen molar-refractivity contribution in [2.45, 2.75) is 25.9 Å². The Hall–Kier alpha value is -0.650. The molecule has 2 aliphatic rings. The lowest BCUT2D eigenvalue weighted by Crippen LogP contribution is -2.35. The normalized spacial score (nSPS) is 24.9. The molecule has 4 nitrogen and oxygen atoms in total. The number of hydrogen-bond donors (Lipinski definition) is 1. The van der Waals surface area contributed by atoms with Crippen LogP contribution in [0.5, 0.6) is 0 Å². The zero-order chi connectivity index (χ0) is 12.5. The summed E-state index contributed by atoms with van der Waals surface area (Å²) in [5.41, 5.74) is 3.74. The summed E-state index contributed by atoms with van der Waals surface area (Å²) in [6.45, 7) is 5.22. The number of fused-ring (bicyclic) bond motifs is 1. The maximum Gasteiger partial charge on any atom is 0.146 e. The topological polar surface area (TPSA) is 41.1 Å². The molecule has 1 aromatic heterocycles. The van der Waals surface area contributed by atoms with Gasteiger partial charge in [0.2, 0.25) is 0 Å². The summed E-state index contributed by atoms with van der Waals surface area (Å²) in [6, 6.07) is 0.391. The first-order valence-corrected chi connectivity index (χ1v) is 7.76. The molecule has 1 aromatic rings. The highest BCUT2D eigenvalue weighted by Crippen LogP contribution is 2.27. The highest BCUT2D eigenvalue weighted by molar-refractivity contribution is 7.99. The standard InChI is InChI=1S/C13H20N4S/c1-9-10-7-14-4-3-11(10)16-13(15-9)12-8-18-6-5-17(12)2/h12,14H,3-8H2,1-2H3. The molecule has 3 heterocycles. The quantitative estimate of drug-likeness (QED) is 0.824. The first kappa shape index (κ1) is 12.4. The first-order valence-electron chi connectivity index (χ1n) is 6.60. The first-order chi connectivity index (χ1) is 8.75. The Morgan fingerprint density at radius 1 is 1.39 bits per heavy atom. The highest BCUT2D eigenvalue weighted by atomic mass is 32.2. The maximum absolute atomic E-state index is 4.84. The van der Waals surface area contributed by atoms with Crippen LogP contribution in [0.2, 0.25) is 0 Å². The van der Waals surface area contributed by atoms with Gasteiger partial charge in [0, 0.05) is 48.8 Å². The van der Waals surface area contributed by atoms with Gasteiger partial charge < -0.3 is 5.32 Å². The molecule has 0 aliphatic carbocycles. The van der Waals surface area contributed by atoms with E-state index in [9.17, 15) is 0 Å². The summed E-state index contributed by atoms with van der Waals surface area (Å²) in [5.74, 6) is 3.37. The van der Waals surface area contributed by atoms with E-state index < -0.39 is 0 Å². The molecule has 1 N–H and O–H groups in total. The van der Waals surface area contributed by atoms with E-state index in [1.165, 1.54) is 17.0 Å². The number of hydrogen-bond acceptors (Lipinski definition) is 5. The fraction of sp³-hybridized carbons (Fsp3) is 0.692. The van der Waals surface area contributed by atoms with Crippen LogP contribution in [-0.4, -0.2) is 46.5 Å². The molecular weight excluding hydrogens is 244 g/mol. The van der Waals surface area contributed by atoms with Gasteiger partial charge in [-0.05, 0) is 14.0 Å². The van der Waals surface area contributed by atoms with Crippen molar-refractivity contribution in [1.82, 2.24) is 20.2 Å². The molecule has 98 valence electrons. The Bertz CT molecular complexity index is 449. The third-order valence-corrected chi connectivity index (χ3v) is 4.87. The van der Waals surface area contributed by atoms with Gasteiger partial charge in [0.15, 0.2) is 0 Å². The minimum Gasteiger partial charge on any atom is -0.312 e. The van der Waals surface area contributed by atoms with Crippen molar-refractivity contribution in [1.29, 1.82) is 0 Å². The van der Waals surface area contributed by atoms with Crippen LogP contribution in [0.3, 0.4) is 0 Å². The van der Waals surface area contributed by atoms with Gasteiger partial charge in [-0.1, -0.05) is 0 Å². The van der Waals surface area contributed by atoms with Crippen LogP contribution in [0.1, 0.15) is 28.8 Å². The number of thioether (sulfide) groups is 1. The van der Waals surface area contributed by atoms with Crippen LogP contribution in [0.4, 0.5) is 0 Å². The van der Waals surface area contributed by atoms with E-state index in [2.05, 4.69) is 24.2 Å². The third-order valence-electron chi connectivity index (χ3n) is 3.85. The van der Waals surface area contributed by atoms with Crippen molar-refractivity contribution >= 4 is 11.8 Å². The fourth-order valence-corrected chi connectivity index (χ4v) is 3.85. The van der Waals surface area contributed by atoms with E-state index in [1.54, 1.807) is 0 Å². The third kappa shape index (κ3) is 2.27. The summed E-state index contributed by atoms with van der Waals surface area (Å²) in [6.07, 6.45) is 1.04. The Morgan fingerprint density at radius 2 is 2.28 bits per heavy atom. The zero-order valence-electron chi connectivity index (χ0n) is 11.1. The smallest absolute Gasteiger partial charge is 0.146 e. The molecule has 3 rings (SSSR count). The van der Waals surface area contributed by atoms with Crippen molar-refractivity contribution in [3.63, 3.8) is 0 Å². The molecule has 0 bridgehead atoms. The van der Waals surface area contributed by atoms with Gasteiger partial charge in [-0.15, -0.1) is 0 Å². The second-order valence-corrected chi connectivity index (χ2v) is 6.24. The average molecular weight is 264 g/mol. The van der Waals surface area contributed by atoms with Gasteiger partial charge in [-0.3, -0.25) is 4.90 Å². The number of rotatable bonds is 1. The van der Waals surface area contributed by atoms with E-state index in [0.29, 0.717) is 6.04 Å². The summed E-state index contributed by atoms with van der Waals surface area (Å²) >= 11 is 2.01. The van der Waals surface area contributed by atoms with Crippen LogP contribution >= 0.6 is 11.8 Å². The molecule has 1 atom stereocenters. The lowest BCUT2D eigenvalue weighted by atomic mass is 10.1. The molecule has 0 aromatic carbocycles. The lowest BCUT2D eigenvalue weighted by Gasteiger charge is -2.31. The Morgan fingerprint density at radius 3 is 3.11 bits per heavy atom. The monoisotopic (exact) mass is 264 g/mol. The largest absolute Gasteiger partial charge is 0.312 e. The minimum absolute atomic E-state index is 0.391. The van der Waals surface area contributed by atoms with Crippen LogP contribution in [0, 0.1) is 6.92 Å². The maximum atomic E-state index is 4.84. The zero-order valence-corrected chi connectivity index (χ0v) is 11.9. The lowest BCUT2D eigenvalue weighted by molar-refractivity contribution is 0.263. The molecule has 1 fully saturated rings. The van der Waals surface area contributed by atoms with Crippen molar-refractivity contribution in [2.24, 2.45) is 0 Å². The minimum atomic E-state index is 0.391.